The quantitative estimate of drug-likeness (QED) is 0.781. The van der Waals surface area contributed by atoms with Gasteiger partial charge in [0.2, 0.25) is 0 Å². The molecule has 0 amide bonds. The summed E-state index contributed by atoms with van der Waals surface area (Å²) in [6.45, 7) is 4.05. The molecule has 0 spiro atoms. The van der Waals surface area contributed by atoms with Crippen LogP contribution in [-0.2, 0) is 4.79 Å². The van der Waals surface area contributed by atoms with Crippen LogP contribution >= 0.6 is 0 Å². The van der Waals surface area contributed by atoms with Crippen LogP contribution in [0.3, 0.4) is 0 Å². The van der Waals surface area contributed by atoms with Crippen molar-refractivity contribution in [2.24, 2.45) is 0 Å². The Balaban J connectivity index is 2.13. The highest BCUT2D eigenvalue weighted by Gasteiger charge is 2.15. The van der Waals surface area contributed by atoms with E-state index in [9.17, 15) is 9.90 Å². The van der Waals surface area contributed by atoms with Gasteiger partial charge in [0.25, 0.3) is 0 Å². The van der Waals surface area contributed by atoms with Gasteiger partial charge in [0.1, 0.15) is 6.10 Å². The molecule has 0 bridgehead atoms. The van der Waals surface area contributed by atoms with Gasteiger partial charge in [-0.25, -0.2) is 0 Å². The molecule has 1 saturated heterocycles. The Hall–Kier alpha value is -1.39. The lowest BCUT2D eigenvalue weighted by molar-refractivity contribution is -0.115. The lowest BCUT2D eigenvalue weighted by Gasteiger charge is -2.34. The first-order chi connectivity index (χ1) is 8.20. The SMILES string of the molecule is CN1CCN(c2cccc(C(O)C=O)c2)CC1. The van der Waals surface area contributed by atoms with E-state index in [4.69, 9.17) is 0 Å². The van der Waals surface area contributed by atoms with Crippen molar-refractivity contribution in [3.8, 4) is 0 Å². The Kier molecular flexibility index (Phi) is 3.76. The monoisotopic (exact) mass is 234 g/mol. The van der Waals surface area contributed by atoms with Gasteiger partial charge in [-0.1, -0.05) is 12.1 Å². The van der Waals surface area contributed by atoms with E-state index < -0.39 is 6.10 Å². The first-order valence-electron chi connectivity index (χ1n) is 5.87. The molecule has 1 aromatic rings. The van der Waals surface area contributed by atoms with Crippen LogP contribution in [0.4, 0.5) is 5.69 Å². The molecule has 0 aliphatic carbocycles. The highest BCUT2D eigenvalue weighted by Crippen LogP contribution is 2.20. The number of nitrogens with zero attached hydrogens (tertiary/aromatic N) is 2. The van der Waals surface area contributed by atoms with Crippen molar-refractivity contribution in [1.82, 2.24) is 4.90 Å². The van der Waals surface area contributed by atoms with Crippen LogP contribution in [0.1, 0.15) is 11.7 Å². The van der Waals surface area contributed by atoms with Crippen LogP contribution in [0.5, 0.6) is 0 Å². The number of carbonyl (C=O) groups is 1. The fourth-order valence-corrected chi connectivity index (χ4v) is 2.05. The molecule has 2 rings (SSSR count). The second kappa shape index (κ2) is 5.29. The zero-order valence-electron chi connectivity index (χ0n) is 10.0. The number of piperazine rings is 1. The minimum Gasteiger partial charge on any atom is -0.381 e. The minimum absolute atomic E-state index is 0.559. The fourth-order valence-electron chi connectivity index (χ4n) is 2.05. The van der Waals surface area contributed by atoms with Crippen molar-refractivity contribution >= 4 is 12.0 Å². The average Bonchev–Trinajstić information content (AvgIpc) is 2.39. The number of anilines is 1. The van der Waals surface area contributed by atoms with E-state index in [1.165, 1.54) is 0 Å². The summed E-state index contributed by atoms with van der Waals surface area (Å²) < 4.78 is 0. The second-order valence-corrected chi connectivity index (χ2v) is 4.47. The number of hydrogen-bond acceptors (Lipinski definition) is 4. The zero-order chi connectivity index (χ0) is 12.3. The van der Waals surface area contributed by atoms with Crippen molar-refractivity contribution in [2.45, 2.75) is 6.10 Å². The predicted octanol–water partition coefficient (Wildman–Crippen LogP) is 0.671. The van der Waals surface area contributed by atoms with Crippen molar-refractivity contribution in [1.29, 1.82) is 0 Å². The maximum atomic E-state index is 10.6. The first-order valence-corrected chi connectivity index (χ1v) is 5.87. The molecule has 1 unspecified atom stereocenters. The van der Waals surface area contributed by atoms with Crippen LogP contribution in [0.2, 0.25) is 0 Å². The Morgan fingerprint density at radius 2 is 2.00 bits per heavy atom. The van der Waals surface area contributed by atoms with Crippen LogP contribution in [0, 0.1) is 0 Å². The molecule has 1 aliphatic rings. The van der Waals surface area contributed by atoms with Crippen LogP contribution in [0.25, 0.3) is 0 Å². The molecule has 1 aliphatic heterocycles. The molecular weight excluding hydrogens is 216 g/mol. The van der Waals surface area contributed by atoms with E-state index in [2.05, 4.69) is 16.8 Å². The van der Waals surface area contributed by atoms with Gasteiger partial charge in [-0.3, -0.25) is 0 Å². The summed E-state index contributed by atoms with van der Waals surface area (Å²) in [5.74, 6) is 0. The molecule has 4 heteroatoms. The second-order valence-electron chi connectivity index (χ2n) is 4.47. The molecule has 4 nitrogen and oxygen atoms in total. The minimum atomic E-state index is -1.01. The van der Waals surface area contributed by atoms with Crippen molar-refractivity contribution in [3.63, 3.8) is 0 Å². The van der Waals surface area contributed by atoms with Crippen molar-refractivity contribution in [3.05, 3.63) is 29.8 Å². The van der Waals surface area contributed by atoms with Gasteiger partial charge in [-0.15, -0.1) is 0 Å². The molecule has 1 atom stereocenters. The molecule has 0 aromatic heterocycles. The number of hydrogen-bond donors (Lipinski definition) is 1. The summed E-state index contributed by atoms with van der Waals surface area (Å²) in [6.07, 6.45) is -0.453. The summed E-state index contributed by atoms with van der Waals surface area (Å²) >= 11 is 0. The molecule has 1 N–H and O–H groups in total. The predicted molar refractivity (Wildman–Crippen MR) is 67.2 cm³/mol. The van der Waals surface area contributed by atoms with Crippen molar-refractivity contribution < 1.29 is 9.90 Å². The summed E-state index contributed by atoms with van der Waals surface area (Å²) in [7, 11) is 2.11. The fraction of sp³-hybridized carbons (Fsp3) is 0.462. The molecule has 0 saturated carbocycles. The number of aliphatic hydroxyl groups excluding tert-OH is 1. The number of aliphatic hydroxyl groups is 1. The zero-order valence-corrected chi connectivity index (χ0v) is 10.0. The number of rotatable bonds is 3. The smallest absolute Gasteiger partial charge is 0.153 e. The van der Waals surface area contributed by atoms with Gasteiger partial charge in [0.15, 0.2) is 6.29 Å². The molecule has 1 aromatic carbocycles. The van der Waals surface area contributed by atoms with E-state index >= 15 is 0 Å². The summed E-state index contributed by atoms with van der Waals surface area (Å²) in [5, 5.41) is 9.50. The normalized spacial score (nSPS) is 19.1. The summed E-state index contributed by atoms with van der Waals surface area (Å²) in [4.78, 5) is 15.1. The number of likely N-dealkylation sites (N-methyl/N-ethyl adjacent to an activating group) is 1. The Bertz CT molecular complexity index is 387. The van der Waals surface area contributed by atoms with Crippen LogP contribution in [0.15, 0.2) is 24.3 Å². The van der Waals surface area contributed by atoms with Crippen LogP contribution < -0.4 is 4.90 Å². The largest absolute Gasteiger partial charge is 0.381 e. The standard InChI is InChI=1S/C13H18N2O2/c1-14-5-7-15(8-6-14)12-4-2-3-11(9-12)13(17)10-16/h2-4,9-10,13,17H,5-8H2,1H3. The lowest BCUT2D eigenvalue weighted by atomic mass is 10.1. The summed E-state index contributed by atoms with van der Waals surface area (Å²) in [6, 6.07) is 7.57. The van der Waals surface area contributed by atoms with E-state index in [0.29, 0.717) is 11.8 Å². The van der Waals surface area contributed by atoms with Gasteiger partial charge in [-0.05, 0) is 24.7 Å². The Morgan fingerprint density at radius 3 is 2.65 bits per heavy atom. The third-order valence-corrected chi connectivity index (χ3v) is 3.21. The molecule has 92 valence electrons. The van der Waals surface area contributed by atoms with Gasteiger partial charge in [0.05, 0.1) is 0 Å². The maximum Gasteiger partial charge on any atom is 0.153 e. The first kappa shape index (κ1) is 12.1. The number of benzene rings is 1. The molecule has 0 radical (unpaired) electrons. The maximum absolute atomic E-state index is 10.6. The van der Waals surface area contributed by atoms with Crippen molar-refractivity contribution in [2.75, 3.05) is 38.1 Å². The number of aldehydes is 1. The number of carbonyl (C=O) groups excluding carboxylic acids is 1. The molecular formula is C13H18N2O2. The third kappa shape index (κ3) is 2.84. The molecule has 1 heterocycles. The average molecular weight is 234 g/mol. The van der Waals surface area contributed by atoms with Gasteiger partial charge < -0.3 is 19.7 Å². The van der Waals surface area contributed by atoms with Gasteiger partial charge in [0, 0.05) is 31.9 Å². The lowest BCUT2D eigenvalue weighted by Crippen LogP contribution is -2.44. The Morgan fingerprint density at radius 1 is 1.29 bits per heavy atom. The summed E-state index contributed by atoms with van der Waals surface area (Å²) in [5.41, 5.74) is 1.74. The van der Waals surface area contributed by atoms with Gasteiger partial charge >= 0.3 is 0 Å². The van der Waals surface area contributed by atoms with Crippen LogP contribution in [-0.4, -0.2) is 49.5 Å². The van der Waals surface area contributed by atoms with E-state index in [-0.39, 0.29) is 0 Å². The highest BCUT2D eigenvalue weighted by atomic mass is 16.3. The highest BCUT2D eigenvalue weighted by molar-refractivity contribution is 5.61. The Labute approximate surface area is 101 Å². The van der Waals surface area contributed by atoms with E-state index in [1.807, 2.05) is 18.2 Å². The van der Waals surface area contributed by atoms with E-state index in [0.717, 1.165) is 31.9 Å². The molecule has 1 fully saturated rings. The van der Waals surface area contributed by atoms with E-state index in [1.54, 1.807) is 6.07 Å². The topological polar surface area (TPSA) is 43.8 Å². The van der Waals surface area contributed by atoms with Gasteiger partial charge in [-0.2, -0.15) is 0 Å². The molecule has 17 heavy (non-hydrogen) atoms. The third-order valence-electron chi connectivity index (χ3n) is 3.21.